The predicted molar refractivity (Wildman–Crippen MR) is 103 cm³/mol. The van der Waals surface area contributed by atoms with Gasteiger partial charge in [0.1, 0.15) is 0 Å². The standard InChI is InChI=1S/C18H20ClN3O3S/c1-26(24,25)21-14-8-6-13(7-9-14)18(23)22-11-10-20-12-17(22)15-4-2-3-5-16(15)19/h2-9,17,20-21H,10-12H2,1H3. The lowest BCUT2D eigenvalue weighted by Gasteiger charge is -2.37. The number of carbonyl (C=O) groups excluding carboxylic acids is 1. The van der Waals surface area contributed by atoms with E-state index in [9.17, 15) is 13.2 Å². The lowest BCUT2D eigenvalue weighted by atomic mass is 10.0. The molecule has 1 unspecified atom stereocenters. The molecule has 1 aliphatic rings. The number of amides is 1. The zero-order valence-corrected chi connectivity index (χ0v) is 15.8. The first-order chi connectivity index (χ1) is 12.3. The van der Waals surface area contributed by atoms with Crippen molar-refractivity contribution >= 4 is 33.2 Å². The van der Waals surface area contributed by atoms with E-state index in [0.29, 0.717) is 35.9 Å². The van der Waals surface area contributed by atoms with Crippen LogP contribution in [0.4, 0.5) is 5.69 Å². The van der Waals surface area contributed by atoms with Gasteiger partial charge in [-0.05, 0) is 35.9 Å². The summed E-state index contributed by atoms with van der Waals surface area (Å²) in [5, 5.41) is 3.93. The molecule has 0 aliphatic carbocycles. The molecule has 3 rings (SSSR count). The highest BCUT2D eigenvalue weighted by Crippen LogP contribution is 2.29. The first kappa shape index (κ1) is 18.7. The monoisotopic (exact) mass is 393 g/mol. The van der Waals surface area contributed by atoms with Gasteiger partial charge in [0.05, 0.1) is 12.3 Å². The molecule has 1 saturated heterocycles. The van der Waals surface area contributed by atoms with E-state index in [-0.39, 0.29) is 11.9 Å². The predicted octanol–water partition coefficient (Wildman–Crippen LogP) is 2.50. The van der Waals surface area contributed by atoms with Gasteiger partial charge in [0.2, 0.25) is 10.0 Å². The van der Waals surface area contributed by atoms with Gasteiger partial charge in [-0.3, -0.25) is 9.52 Å². The van der Waals surface area contributed by atoms with Gasteiger partial charge in [0, 0.05) is 35.9 Å². The van der Waals surface area contributed by atoms with Gasteiger partial charge in [0.15, 0.2) is 0 Å². The lowest BCUT2D eigenvalue weighted by Crippen LogP contribution is -2.48. The maximum atomic E-state index is 13.0. The topological polar surface area (TPSA) is 78.5 Å². The molecule has 1 fully saturated rings. The summed E-state index contributed by atoms with van der Waals surface area (Å²) in [6.45, 7) is 1.90. The molecule has 138 valence electrons. The highest BCUT2D eigenvalue weighted by atomic mass is 35.5. The van der Waals surface area contributed by atoms with Crippen LogP contribution >= 0.6 is 11.6 Å². The summed E-state index contributed by atoms with van der Waals surface area (Å²) < 4.78 is 25.0. The Bertz CT molecular complexity index is 900. The fourth-order valence-corrected chi connectivity index (χ4v) is 3.86. The molecule has 2 N–H and O–H groups in total. The molecule has 8 heteroatoms. The summed E-state index contributed by atoms with van der Waals surface area (Å²) in [6, 6.07) is 13.8. The molecular weight excluding hydrogens is 374 g/mol. The van der Waals surface area contributed by atoms with Gasteiger partial charge >= 0.3 is 0 Å². The van der Waals surface area contributed by atoms with Crippen LogP contribution in [0.15, 0.2) is 48.5 Å². The molecule has 2 aromatic rings. The Balaban J connectivity index is 1.84. The van der Waals surface area contributed by atoms with E-state index in [0.717, 1.165) is 11.8 Å². The fourth-order valence-electron chi connectivity index (χ4n) is 3.03. The molecule has 1 amide bonds. The zero-order chi connectivity index (χ0) is 18.7. The number of carbonyl (C=O) groups is 1. The Kier molecular flexibility index (Phi) is 5.50. The van der Waals surface area contributed by atoms with Crippen molar-refractivity contribution < 1.29 is 13.2 Å². The van der Waals surface area contributed by atoms with Crippen molar-refractivity contribution in [3.05, 3.63) is 64.7 Å². The first-order valence-corrected chi connectivity index (χ1v) is 10.5. The van der Waals surface area contributed by atoms with Crippen molar-refractivity contribution in [3.63, 3.8) is 0 Å². The largest absolute Gasteiger partial charge is 0.329 e. The molecule has 0 aromatic heterocycles. The molecule has 6 nitrogen and oxygen atoms in total. The van der Waals surface area contributed by atoms with Crippen LogP contribution in [0.2, 0.25) is 5.02 Å². The summed E-state index contributed by atoms with van der Waals surface area (Å²) in [7, 11) is -3.35. The van der Waals surface area contributed by atoms with Gasteiger partial charge in [-0.1, -0.05) is 29.8 Å². The third-order valence-electron chi connectivity index (χ3n) is 4.20. The van der Waals surface area contributed by atoms with Crippen molar-refractivity contribution in [2.45, 2.75) is 6.04 Å². The number of hydrogen-bond donors (Lipinski definition) is 2. The van der Waals surface area contributed by atoms with Crippen molar-refractivity contribution in [1.29, 1.82) is 0 Å². The van der Waals surface area contributed by atoms with E-state index < -0.39 is 10.0 Å². The van der Waals surface area contributed by atoms with Crippen molar-refractivity contribution in [2.75, 3.05) is 30.6 Å². The fraction of sp³-hybridized carbons (Fsp3) is 0.278. The van der Waals surface area contributed by atoms with Crippen LogP contribution < -0.4 is 10.0 Å². The minimum atomic E-state index is -3.35. The molecule has 2 aromatic carbocycles. The third-order valence-corrected chi connectivity index (χ3v) is 5.15. The molecule has 0 spiro atoms. The Labute approximate surface area is 158 Å². The molecule has 1 heterocycles. The van der Waals surface area contributed by atoms with Crippen LogP contribution in [0.25, 0.3) is 0 Å². The van der Waals surface area contributed by atoms with Crippen LogP contribution in [0.3, 0.4) is 0 Å². The Morgan fingerprint density at radius 1 is 1.19 bits per heavy atom. The molecule has 0 bridgehead atoms. The number of anilines is 1. The minimum absolute atomic E-state index is 0.109. The molecule has 0 saturated carbocycles. The van der Waals surface area contributed by atoms with E-state index in [4.69, 9.17) is 11.6 Å². The van der Waals surface area contributed by atoms with E-state index >= 15 is 0 Å². The smallest absolute Gasteiger partial charge is 0.254 e. The average molecular weight is 394 g/mol. The second-order valence-electron chi connectivity index (χ2n) is 6.19. The number of piperazine rings is 1. The molecule has 1 aliphatic heterocycles. The summed E-state index contributed by atoms with van der Waals surface area (Å²) in [4.78, 5) is 14.8. The molecular formula is C18H20ClN3O3S. The van der Waals surface area contributed by atoms with E-state index in [1.54, 1.807) is 29.2 Å². The minimum Gasteiger partial charge on any atom is -0.329 e. The number of rotatable bonds is 4. The normalized spacial score (nSPS) is 17.8. The number of hydrogen-bond acceptors (Lipinski definition) is 4. The number of benzene rings is 2. The van der Waals surface area contributed by atoms with Gasteiger partial charge in [-0.25, -0.2) is 8.42 Å². The van der Waals surface area contributed by atoms with Crippen molar-refractivity contribution in [2.24, 2.45) is 0 Å². The maximum absolute atomic E-state index is 13.0. The number of nitrogens with one attached hydrogen (secondary N) is 2. The highest BCUT2D eigenvalue weighted by molar-refractivity contribution is 7.92. The summed E-state index contributed by atoms with van der Waals surface area (Å²) >= 11 is 6.32. The summed E-state index contributed by atoms with van der Waals surface area (Å²) in [5.41, 5.74) is 1.83. The first-order valence-electron chi connectivity index (χ1n) is 8.19. The zero-order valence-electron chi connectivity index (χ0n) is 14.3. The Hall–Kier alpha value is -2.09. The van der Waals surface area contributed by atoms with Crippen LogP contribution in [-0.4, -0.2) is 45.1 Å². The highest BCUT2D eigenvalue weighted by Gasteiger charge is 2.29. The number of sulfonamides is 1. The molecule has 0 radical (unpaired) electrons. The number of halogens is 1. The Morgan fingerprint density at radius 3 is 2.54 bits per heavy atom. The molecule has 1 atom stereocenters. The van der Waals surface area contributed by atoms with Gasteiger partial charge < -0.3 is 10.2 Å². The van der Waals surface area contributed by atoms with Crippen molar-refractivity contribution in [3.8, 4) is 0 Å². The maximum Gasteiger partial charge on any atom is 0.254 e. The van der Waals surface area contributed by atoms with E-state index in [2.05, 4.69) is 10.0 Å². The Morgan fingerprint density at radius 2 is 1.88 bits per heavy atom. The van der Waals surface area contributed by atoms with Crippen LogP contribution in [0.1, 0.15) is 22.0 Å². The van der Waals surface area contributed by atoms with Crippen molar-refractivity contribution in [1.82, 2.24) is 10.2 Å². The summed E-state index contributed by atoms with van der Waals surface area (Å²) in [5.74, 6) is -0.109. The van der Waals surface area contributed by atoms with Gasteiger partial charge in [0.25, 0.3) is 5.91 Å². The summed E-state index contributed by atoms with van der Waals surface area (Å²) in [6.07, 6.45) is 1.08. The van der Waals surface area contributed by atoms with Crippen LogP contribution in [-0.2, 0) is 10.0 Å². The van der Waals surface area contributed by atoms with Gasteiger partial charge in [-0.2, -0.15) is 0 Å². The lowest BCUT2D eigenvalue weighted by molar-refractivity contribution is 0.0634. The third kappa shape index (κ3) is 4.35. The number of nitrogens with zero attached hydrogens (tertiary/aromatic N) is 1. The second kappa shape index (κ2) is 7.65. The quantitative estimate of drug-likeness (QED) is 0.836. The second-order valence-corrected chi connectivity index (χ2v) is 8.35. The SMILES string of the molecule is CS(=O)(=O)Nc1ccc(C(=O)N2CCNCC2c2ccccc2Cl)cc1. The van der Waals surface area contributed by atoms with E-state index in [1.807, 2.05) is 24.3 Å². The average Bonchev–Trinajstić information content (AvgIpc) is 2.61. The van der Waals surface area contributed by atoms with Crippen LogP contribution in [0.5, 0.6) is 0 Å². The van der Waals surface area contributed by atoms with Gasteiger partial charge in [-0.15, -0.1) is 0 Å². The van der Waals surface area contributed by atoms with Crippen LogP contribution in [0, 0.1) is 0 Å². The molecule has 26 heavy (non-hydrogen) atoms. The van der Waals surface area contributed by atoms with E-state index in [1.165, 1.54) is 0 Å².